The summed E-state index contributed by atoms with van der Waals surface area (Å²) < 4.78 is 76.8. The Morgan fingerprint density at radius 1 is 1.24 bits per heavy atom. The Labute approximate surface area is 164 Å². The van der Waals surface area contributed by atoms with Gasteiger partial charge in [0.05, 0.1) is 17.6 Å². The second-order valence-corrected chi connectivity index (χ2v) is 8.60. The van der Waals surface area contributed by atoms with Gasteiger partial charge in [0.1, 0.15) is 17.3 Å². The molecule has 0 aliphatic heterocycles. The number of benzene rings is 1. The zero-order valence-corrected chi connectivity index (χ0v) is 15.9. The normalized spacial score (nSPS) is 15.4. The number of hydrogen-bond donors (Lipinski definition) is 2. The summed E-state index contributed by atoms with van der Waals surface area (Å²) in [6, 6.07) is 2.14. The number of sulfone groups is 1. The summed E-state index contributed by atoms with van der Waals surface area (Å²) in [5, 5.41) is 9.29. The third-order valence-electron chi connectivity index (χ3n) is 4.48. The molecule has 1 fully saturated rings. The van der Waals surface area contributed by atoms with Crippen molar-refractivity contribution >= 4 is 27.1 Å². The molecule has 0 bridgehead atoms. The molecule has 1 heterocycles. The quantitative estimate of drug-likeness (QED) is 0.682. The lowest BCUT2D eigenvalue weighted by molar-refractivity contribution is -0.122. The zero-order chi connectivity index (χ0) is 21.2. The van der Waals surface area contributed by atoms with Crippen LogP contribution in [0.5, 0.6) is 0 Å². The summed E-state index contributed by atoms with van der Waals surface area (Å²) >= 11 is 0. The first-order chi connectivity index (χ1) is 13.6. The second-order valence-electron chi connectivity index (χ2n) is 6.69. The molecule has 0 saturated heterocycles. The molecule has 29 heavy (non-hydrogen) atoms. The van der Waals surface area contributed by atoms with Crippen molar-refractivity contribution in [2.24, 2.45) is 0 Å². The van der Waals surface area contributed by atoms with E-state index >= 15 is 0 Å². The van der Waals surface area contributed by atoms with Gasteiger partial charge in [-0.2, -0.15) is 18.3 Å². The molecule has 1 aromatic heterocycles. The highest BCUT2D eigenvalue weighted by molar-refractivity contribution is 7.92. The van der Waals surface area contributed by atoms with Crippen LogP contribution in [0.1, 0.15) is 25.7 Å². The molecule has 1 aromatic carbocycles. The van der Waals surface area contributed by atoms with Gasteiger partial charge in [0.15, 0.2) is 0 Å². The summed E-state index contributed by atoms with van der Waals surface area (Å²) in [6.45, 7) is -0.102. The van der Waals surface area contributed by atoms with Gasteiger partial charge in [-0.25, -0.2) is 12.8 Å². The van der Waals surface area contributed by atoms with E-state index in [0.717, 1.165) is 37.8 Å². The van der Waals surface area contributed by atoms with Gasteiger partial charge in [0.25, 0.3) is 9.84 Å². The molecule has 0 spiro atoms. The topological polar surface area (TPSA) is 93.1 Å². The van der Waals surface area contributed by atoms with Crippen molar-refractivity contribution in [1.82, 2.24) is 15.1 Å². The van der Waals surface area contributed by atoms with Crippen LogP contribution in [0, 0.1) is 5.82 Å². The van der Waals surface area contributed by atoms with Gasteiger partial charge in [0, 0.05) is 12.2 Å². The van der Waals surface area contributed by atoms with Gasteiger partial charge in [-0.3, -0.25) is 9.48 Å². The summed E-state index contributed by atoms with van der Waals surface area (Å²) in [4.78, 5) is 10.8. The molecule has 1 aliphatic rings. The number of amides is 1. The molecule has 7 nitrogen and oxygen atoms in total. The molecule has 158 valence electrons. The molecule has 1 aliphatic carbocycles. The first-order valence-electron chi connectivity index (χ1n) is 8.76. The average Bonchev–Trinajstić information content (AvgIpc) is 3.27. The number of nitrogens with zero attached hydrogens (tertiary/aromatic N) is 2. The highest BCUT2D eigenvalue weighted by atomic mass is 32.2. The van der Waals surface area contributed by atoms with Crippen LogP contribution >= 0.6 is 0 Å². The van der Waals surface area contributed by atoms with Gasteiger partial charge in [-0.05, 0) is 31.0 Å². The van der Waals surface area contributed by atoms with Crippen LogP contribution in [0.25, 0.3) is 0 Å². The van der Waals surface area contributed by atoms with Gasteiger partial charge in [-0.15, -0.1) is 0 Å². The number of rotatable bonds is 6. The molecule has 1 saturated carbocycles. The Morgan fingerprint density at radius 2 is 1.93 bits per heavy atom. The molecule has 12 heteroatoms. The lowest BCUT2D eigenvalue weighted by Crippen LogP contribution is -2.35. The van der Waals surface area contributed by atoms with Crippen molar-refractivity contribution in [2.45, 2.75) is 48.7 Å². The SMILES string of the molecule is O=C(Cn1cc(Nc2ccc(F)cc2S(=O)(=O)C(F)(F)F)cn1)NC1CCCC1. The number of carbonyl (C=O) groups is 1. The summed E-state index contributed by atoms with van der Waals surface area (Å²) in [5.74, 6) is -1.38. The van der Waals surface area contributed by atoms with E-state index in [1.807, 2.05) is 0 Å². The fraction of sp³-hybridized carbons (Fsp3) is 0.412. The molecule has 1 amide bonds. The second kappa shape index (κ2) is 8.01. The fourth-order valence-corrected chi connectivity index (χ4v) is 4.03. The minimum Gasteiger partial charge on any atom is -0.352 e. The number of anilines is 2. The predicted octanol–water partition coefficient (Wildman–Crippen LogP) is 3.12. The first kappa shape index (κ1) is 21.1. The van der Waals surface area contributed by atoms with E-state index < -0.39 is 31.7 Å². The molecule has 0 atom stereocenters. The number of halogens is 4. The lowest BCUT2D eigenvalue weighted by atomic mass is 10.2. The largest absolute Gasteiger partial charge is 0.501 e. The van der Waals surface area contributed by atoms with Crippen molar-refractivity contribution < 1.29 is 30.8 Å². The van der Waals surface area contributed by atoms with Gasteiger partial charge in [-0.1, -0.05) is 12.8 Å². The van der Waals surface area contributed by atoms with Crippen LogP contribution in [-0.2, 0) is 21.2 Å². The standard InChI is InChI=1S/C17H18F4N4O3S/c18-11-5-6-14(15(7-11)29(27,28)17(19,20)21)23-13-8-22-25(9-13)10-16(26)24-12-3-1-2-4-12/h5-9,12,23H,1-4,10H2,(H,24,26). The molecular weight excluding hydrogens is 416 g/mol. The van der Waals surface area contributed by atoms with E-state index in [2.05, 4.69) is 15.7 Å². The smallest absolute Gasteiger partial charge is 0.352 e. The van der Waals surface area contributed by atoms with E-state index in [4.69, 9.17) is 0 Å². The first-order valence-corrected chi connectivity index (χ1v) is 10.2. The number of carbonyl (C=O) groups excluding carboxylic acids is 1. The van der Waals surface area contributed by atoms with Crippen molar-refractivity contribution in [1.29, 1.82) is 0 Å². The molecular formula is C17H18F4N4O3S. The Bertz CT molecular complexity index is 998. The molecule has 2 aromatic rings. The van der Waals surface area contributed by atoms with Crippen LogP contribution < -0.4 is 10.6 Å². The fourth-order valence-electron chi connectivity index (χ4n) is 3.11. The Kier molecular flexibility index (Phi) is 5.82. The molecule has 2 N–H and O–H groups in total. The molecule has 0 unspecified atom stereocenters. The van der Waals surface area contributed by atoms with E-state index in [0.29, 0.717) is 6.07 Å². The predicted molar refractivity (Wildman–Crippen MR) is 95.5 cm³/mol. The maximum atomic E-state index is 13.4. The number of aromatic nitrogens is 2. The molecule has 3 rings (SSSR count). The summed E-state index contributed by atoms with van der Waals surface area (Å²) in [6.07, 6.45) is 6.50. The van der Waals surface area contributed by atoms with Crippen LogP contribution in [-0.4, -0.2) is 35.7 Å². The minimum atomic E-state index is -5.77. The highest BCUT2D eigenvalue weighted by Gasteiger charge is 2.48. The number of alkyl halides is 3. The van der Waals surface area contributed by atoms with Gasteiger partial charge in [0.2, 0.25) is 5.91 Å². The third kappa shape index (κ3) is 4.86. The van der Waals surface area contributed by atoms with Crippen LogP contribution in [0.4, 0.5) is 28.9 Å². The Balaban J connectivity index is 1.75. The zero-order valence-electron chi connectivity index (χ0n) is 15.0. The van der Waals surface area contributed by atoms with E-state index in [1.165, 1.54) is 17.1 Å². The average molecular weight is 434 g/mol. The molecule has 0 radical (unpaired) electrons. The Morgan fingerprint density at radius 3 is 2.59 bits per heavy atom. The van der Waals surface area contributed by atoms with E-state index in [9.17, 15) is 30.8 Å². The third-order valence-corrected chi connectivity index (χ3v) is 6.00. The summed E-state index contributed by atoms with van der Waals surface area (Å²) in [5.41, 5.74) is -5.90. The Hall–Kier alpha value is -2.63. The summed E-state index contributed by atoms with van der Waals surface area (Å²) in [7, 11) is -5.77. The number of nitrogens with one attached hydrogen (secondary N) is 2. The van der Waals surface area contributed by atoms with Gasteiger partial charge < -0.3 is 10.6 Å². The van der Waals surface area contributed by atoms with Crippen molar-refractivity contribution in [3.63, 3.8) is 0 Å². The van der Waals surface area contributed by atoms with Crippen molar-refractivity contribution in [3.05, 3.63) is 36.4 Å². The van der Waals surface area contributed by atoms with Crippen molar-refractivity contribution in [2.75, 3.05) is 5.32 Å². The lowest BCUT2D eigenvalue weighted by Gasteiger charge is -2.13. The number of hydrogen-bond acceptors (Lipinski definition) is 5. The van der Waals surface area contributed by atoms with Gasteiger partial charge >= 0.3 is 5.51 Å². The van der Waals surface area contributed by atoms with Crippen molar-refractivity contribution in [3.8, 4) is 0 Å². The van der Waals surface area contributed by atoms with Crippen LogP contribution in [0.2, 0.25) is 0 Å². The minimum absolute atomic E-state index is 0.102. The maximum Gasteiger partial charge on any atom is 0.501 e. The van der Waals surface area contributed by atoms with E-state index in [1.54, 1.807) is 0 Å². The maximum absolute atomic E-state index is 13.4. The monoisotopic (exact) mass is 434 g/mol. The highest BCUT2D eigenvalue weighted by Crippen LogP contribution is 2.35. The van der Waals surface area contributed by atoms with Crippen LogP contribution in [0.3, 0.4) is 0 Å². The van der Waals surface area contributed by atoms with Crippen LogP contribution in [0.15, 0.2) is 35.5 Å². The van der Waals surface area contributed by atoms with E-state index in [-0.39, 0.29) is 24.2 Å².